The molecule has 0 saturated heterocycles. The molecule has 2 aromatic carbocycles. The molecule has 0 atom stereocenters. The number of para-hydroxylation sites is 1. The van der Waals surface area contributed by atoms with E-state index in [1.807, 2.05) is 48.5 Å². The quantitative estimate of drug-likeness (QED) is 0.668. The zero-order chi connectivity index (χ0) is 17.8. The van der Waals surface area contributed by atoms with E-state index < -0.39 is 5.97 Å². The first-order chi connectivity index (χ1) is 12.2. The molecule has 6 heteroatoms. The normalized spacial score (nSPS) is 10.4. The van der Waals surface area contributed by atoms with Gasteiger partial charge in [0, 0.05) is 5.56 Å². The monoisotopic (exact) mass is 338 g/mol. The van der Waals surface area contributed by atoms with E-state index in [0.29, 0.717) is 22.9 Å². The molecular weight excluding hydrogens is 320 g/mol. The maximum atomic E-state index is 12.2. The van der Waals surface area contributed by atoms with Gasteiger partial charge in [-0.15, -0.1) is 0 Å². The van der Waals surface area contributed by atoms with Crippen molar-refractivity contribution >= 4 is 5.97 Å². The molecule has 128 valence electrons. The first kappa shape index (κ1) is 16.6. The van der Waals surface area contributed by atoms with Crippen LogP contribution in [0.1, 0.15) is 10.5 Å². The van der Waals surface area contributed by atoms with Crippen LogP contribution >= 0.6 is 0 Å². The number of hydrogen-bond acceptors (Lipinski definition) is 5. The smallest absolute Gasteiger partial charge is 0.358 e. The van der Waals surface area contributed by atoms with Crippen molar-refractivity contribution < 1.29 is 19.0 Å². The highest BCUT2D eigenvalue weighted by molar-refractivity contribution is 5.95. The Hall–Kier alpha value is -3.28. The van der Waals surface area contributed by atoms with Crippen molar-refractivity contribution in [2.45, 2.75) is 0 Å². The Balaban J connectivity index is 2.29. The Bertz CT molecular complexity index is 888. The number of benzene rings is 2. The van der Waals surface area contributed by atoms with E-state index in [0.717, 1.165) is 5.56 Å². The van der Waals surface area contributed by atoms with Crippen LogP contribution in [-0.2, 0) is 4.74 Å². The van der Waals surface area contributed by atoms with Gasteiger partial charge in [-0.05, 0) is 12.1 Å². The van der Waals surface area contributed by atoms with Crippen LogP contribution in [0.2, 0.25) is 0 Å². The standard InChI is InChI=1S/C19H18N2O4/c1-23-15-11-7-10-14(18(15)24-2)21-12-20-16(19(22)25-3)17(21)13-8-5-4-6-9-13/h4-12H,1-3H3. The van der Waals surface area contributed by atoms with Crippen LogP contribution in [0.5, 0.6) is 11.5 Å². The number of methoxy groups -OCH3 is 3. The predicted octanol–water partition coefficient (Wildman–Crippen LogP) is 3.34. The van der Waals surface area contributed by atoms with Gasteiger partial charge in [-0.25, -0.2) is 9.78 Å². The van der Waals surface area contributed by atoms with E-state index in [1.165, 1.54) is 7.11 Å². The number of nitrogens with zero attached hydrogens (tertiary/aromatic N) is 2. The highest BCUT2D eigenvalue weighted by Gasteiger charge is 2.23. The summed E-state index contributed by atoms with van der Waals surface area (Å²) in [6, 6.07) is 15.1. The second-order valence-electron chi connectivity index (χ2n) is 5.18. The minimum Gasteiger partial charge on any atom is -0.493 e. The molecule has 3 aromatic rings. The van der Waals surface area contributed by atoms with Gasteiger partial charge in [-0.2, -0.15) is 0 Å². The van der Waals surface area contributed by atoms with Gasteiger partial charge in [0.25, 0.3) is 0 Å². The minimum atomic E-state index is -0.500. The SMILES string of the molecule is COC(=O)c1ncn(-c2cccc(OC)c2OC)c1-c1ccccc1. The van der Waals surface area contributed by atoms with Crippen molar-refractivity contribution in [3.63, 3.8) is 0 Å². The van der Waals surface area contributed by atoms with Gasteiger partial charge in [0.1, 0.15) is 6.33 Å². The fraction of sp³-hybridized carbons (Fsp3) is 0.158. The maximum Gasteiger partial charge on any atom is 0.358 e. The molecule has 1 aromatic heterocycles. The molecule has 0 radical (unpaired) electrons. The lowest BCUT2D eigenvalue weighted by molar-refractivity contribution is 0.0595. The minimum absolute atomic E-state index is 0.235. The topological polar surface area (TPSA) is 62.6 Å². The van der Waals surface area contributed by atoms with E-state index in [4.69, 9.17) is 14.2 Å². The summed E-state index contributed by atoms with van der Waals surface area (Å²) in [6.07, 6.45) is 1.58. The van der Waals surface area contributed by atoms with Crippen LogP contribution in [0.15, 0.2) is 54.9 Å². The number of rotatable bonds is 5. The molecule has 0 aliphatic rings. The highest BCUT2D eigenvalue weighted by atomic mass is 16.5. The number of hydrogen-bond donors (Lipinski definition) is 0. The Kier molecular flexibility index (Phi) is 4.70. The predicted molar refractivity (Wildman–Crippen MR) is 93.4 cm³/mol. The third kappa shape index (κ3) is 2.94. The van der Waals surface area contributed by atoms with Gasteiger partial charge < -0.3 is 14.2 Å². The molecule has 0 bridgehead atoms. The fourth-order valence-corrected chi connectivity index (χ4v) is 2.71. The average Bonchev–Trinajstić information content (AvgIpc) is 3.12. The summed E-state index contributed by atoms with van der Waals surface area (Å²) in [6.45, 7) is 0. The Morgan fingerprint density at radius 3 is 2.36 bits per heavy atom. The lowest BCUT2D eigenvalue weighted by Gasteiger charge is -2.15. The molecule has 0 fully saturated rings. The zero-order valence-electron chi connectivity index (χ0n) is 14.2. The second-order valence-corrected chi connectivity index (χ2v) is 5.18. The van der Waals surface area contributed by atoms with Crippen LogP contribution in [0.25, 0.3) is 16.9 Å². The summed E-state index contributed by atoms with van der Waals surface area (Å²) in [4.78, 5) is 16.4. The molecular formula is C19H18N2O4. The van der Waals surface area contributed by atoms with E-state index in [2.05, 4.69) is 4.98 Å². The Morgan fingerprint density at radius 2 is 1.72 bits per heavy atom. The summed E-state index contributed by atoms with van der Waals surface area (Å²) >= 11 is 0. The molecule has 0 unspecified atom stereocenters. The van der Waals surface area contributed by atoms with E-state index in [9.17, 15) is 4.79 Å². The molecule has 0 amide bonds. The van der Waals surface area contributed by atoms with E-state index in [1.54, 1.807) is 25.1 Å². The number of ether oxygens (including phenoxy) is 3. The number of imidazole rings is 1. The van der Waals surface area contributed by atoms with Gasteiger partial charge in [0.05, 0.1) is 32.7 Å². The second kappa shape index (κ2) is 7.09. The van der Waals surface area contributed by atoms with Gasteiger partial charge in [-0.1, -0.05) is 36.4 Å². The van der Waals surface area contributed by atoms with Crippen molar-refractivity contribution in [1.82, 2.24) is 9.55 Å². The summed E-state index contributed by atoms with van der Waals surface area (Å²) < 4.78 is 17.6. The van der Waals surface area contributed by atoms with Gasteiger partial charge >= 0.3 is 5.97 Å². The average molecular weight is 338 g/mol. The zero-order valence-corrected chi connectivity index (χ0v) is 14.2. The molecule has 0 spiro atoms. The van der Waals surface area contributed by atoms with Crippen LogP contribution in [0.4, 0.5) is 0 Å². The largest absolute Gasteiger partial charge is 0.493 e. The third-order valence-corrected chi connectivity index (χ3v) is 3.84. The molecule has 0 aliphatic heterocycles. The number of aromatic nitrogens is 2. The highest BCUT2D eigenvalue weighted by Crippen LogP contribution is 2.36. The molecule has 25 heavy (non-hydrogen) atoms. The first-order valence-corrected chi connectivity index (χ1v) is 7.63. The number of carbonyl (C=O) groups is 1. The van der Waals surface area contributed by atoms with Crippen molar-refractivity contribution in [3.8, 4) is 28.4 Å². The van der Waals surface area contributed by atoms with Crippen molar-refractivity contribution in [3.05, 3.63) is 60.6 Å². The van der Waals surface area contributed by atoms with Crippen LogP contribution in [0.3, 0.4) is 0 Å². The maximum absolute atomic E-state index is 12.2. The first-order valence-electron chi connectivity index (χ1n) is 7.63. The van der Waals surface area contributed by atoms with Crippen LogP contribution in [0, 0.1) is 0 Å². The van der Waals surface area contributed by atoms with Crippen molar-refractivity contribution in [2.24, 2.45) is 0 Å². The summed E-state index contributed by atoms with van der Waals surface area (Å²) in [5, 5.41) is 0. The van der Waals surface area contributed by atoms with E-state index in [-0.39, 0.29) is 5.69 Å². The van der Waals surface area contributed by atoms with Gasteiger partial charge in [-0.3, -0.25) is 4.57 Å². The molecule has 0 saturated carbocycles. The molecule has 0 aliphatic carbocycles. The van der Waals surface area contributed by atoms with Crippen LogP contribution < -0.4 is 9.47 Å². The van der Waals surface area contributed by atoms with Gasteiger partial charge in [0.15, 0.2) is 17.2 Å². The lowest BCUT2D eigenvalue weighted by atomic mass is 10.1. The molecule has 1 heterocycles. The van der Waals surface area contributed by atoms with Crippen molar-refractivity contribution in [1.29, 1.82) is 0 Å². The fourth-order valence-electron chi connectivity index (χ4n) is 2.71. The van der Waals surface area contributed by atoms with Gasteiger partial charge in [0.2, 0.25) is 0 Å². The number of carbonyl (C=O) groups excluding carboxylic acids is 1. The number of esters is 1. The Morgan fingerprint density at radius 1 is 0.960 bits per heavy atom. The molecule has 3 rings (SSSR count). The van der Waals surface area contributed by atoms with Crippen molar-refractivity contribution in [2.75, 3.05) is 21.3 Å². The summed E-state index contributed by atoms with van der Waals surface area (Å²) in [5.41, 5.74) is 2.41. The Labute approximate surface area is 145 Å². The molecule has 0 N–H and O–H groups in total. The third-order valence-electron chi connectivity index (χ3n) is 3.84. The lowest BCUT2D eigenvalue weighted by Crippen LogP contribution is -2.06. The van der Waals surface area contributed by atoms with E-state index >= 15 is 0 Å². The summed E-state index contributed by atoms with van der Waals surface area (Å²) in [7, 11) is 4.48. The van der Waals surface area contributed by atoms with Crippen LogP contribution in [-0.4, -0.2) is 36.8 Å². The molecule has 6 nitrogen and oxygen atoms in total. The summed E-state index contributed by atoms with van der Waals surface area (Å²) in [5.74, 6) is 0.641.